The number of rotatable bonds is 3. The Morgan fingerprint density at radius 2 is 2.21 bits per heavy atom. The van der Waals surface area contributed by atoms with Crippen LogP contribution in [0.2, 0.25) is 0 Å². The third kappa shape index (κ3) is 1.89. The molecule has 0 spiro atoms. The number of imidazole rings is 2. The van der Waals surface area contributed by atoms with Crippen LogP contribution in [0.25, 0.3) is 11.2 Å². The van der Waals surface area contributed by atoms with Gasteiger partial charge in [0.05, 0.1) is 13.7 Å². The van der Waals surface area contributed by atoms with Gasteiger partial charge in [0.25, 0.3) is 0 Å². The minimum atomic E-state index is 0.481. The van der Waals surface area contributed by atoms with Crippen molar-refractivity contribution in [3.8, 4) is 5.88 Å². The van der Waals surface area contributed by atoms with E-state index in [1.807, 2.05) is 22.4 Å². The maximum atomic E-state index is 5.32. The topological polar surface area (TPSA) is 73.6 Å². The summed E-state index contributed by atoms with van der Waals surface area (Å²) < 4.78 is 9.57. The van der Waals surface area contributed by atoms with Crippen molar-refractivity contribution in [2.75, 3.05) is 7.11 Å². The molecule has 0 saturated carbocycles. The van der Waals surface area contributed by atoms with Crippen LogP contribution in [0.1, 0.15) is 5.82 Å². The van der Waals surface area contributed by atoms with Gasteiger partial charge in [-0.2, -0.15) is 4.98 Å². The van der Waals surface area contributed by atoms with Gasteiger partial charge in [-0.05, 0) is 12.2 Å². The van der Waals surface area contributed by atoms with Gasteiger partial charge in [-0.25, -0.2) is 9.97 Å². The molecule has 0 amide bonds. The van der Waals surface area contributed by atoms with Crippen molar-refractivity contribution >= 4 is 23.4 Å². The molecule has 19 heavy (non-hydrogen) atoms. The second-order valence-electron chi connectivity index (χ2n) is 4.05. The maximum Gasteiger partial charge on any atom is 0.242 e. The molecule has 0 saturated heterocycles. The number of nitrogens with zero attached hydrogens (tertiary/aromatic N) is 5. The van der Waals surface area contributed by atoms with Crippen molar-refractivity contribution in [3.63, 3.8) is 0 Å². The van der Waals surface area contributed by atoms with E-state index in [4.69, 9.17) is 17.0 Å². The highest BCUT2D eigenvalue weighted by Gasteiger charge is 2.12. The second-order valence-corrected chi connectivity index (χ2v) is 4.44. The van der Waals surface area contributed by atoms with Gasteiger partial charge < -0.3 is 14.3 Å². The van der Waals surface area contributed by atoms with Crippen LogP contribution in [0.3, 0.4) is 0 Å². The van der Waals surface area contributed by atoms with Gasteiger partial charge in [-0.3, -0.25) is 4.57 Å². The summed E-state index contributed by atoms with van der Waals surface area (Å²) in [5.41, 5.74) is 1.41. The third-order valence-electron chi connectivity index (χ3n) is 2.94. The monoisotopic (exact) mass is 276 g/mol. The van der Waals surface area contributed by atoms with Gasteiger partial charge in [0.2, 0.25) is 5.88 Å². The van der Waals surface area contributed by atoms with Crippen LogP contribution in [-0.4, -0.2) is 36.2 Å². The van der Waals surface area contributed by atoms with Crippen LogP contribution < -0.4 is 4.74 Å². The lowest BCUT2D eigenvalue weighted by atomic mass is 10.5. The smallest absolute Gasteiger partial charge is 0.242 e. The number of methoxy groups -OCH3 is 1. The van der Waals surface area contributed by atoms with Crippen LogP contribution in [0.4, 0.5) is 0 Å². The molecule has 8 heteroatoms. The summed E-state index contributed by atoms with van der Waals surface area (Å²) in [4.78, 5) is 15.7. The zero-order chi connectivity index (χ0) is 13.4. The van der Waals surface area contributed by atoms with Gasteiger partial charge >= 0.3 is 0 Å². The zero-order valence-corrected chi connectivity index (χ0v) is 11.3. The second kappa shape index (κ2) is 4.47. The molecular formula is C11H12N6OS. The van der Waals surface area contributed by atoms with E-state index in [1.54, 1.807) is 13.3 Å². The molecule has 7 nitrogen and oxygen atoms in total. The molecule has 98 valence electrons. The molecule has 0 atom stereocenters. The maximum absolute atomic E-state index is 5.32. The summed E-state index contributed by atoms with van der Waals surface area (Å²) in [5, 5.41) is 0. The molecule has 3 aromatic heterocycles. The van der Waals surface area contributed by atoms with E-state index in [0.29, 0.717) is 28.4 Å². The minimum Gasteiger partial charge on any atom is -0.479 e. The number of fused-ring (bicyclic) bond motifs is 1. The lowest BCUT2D eigenvalue weighted by molar-refractivity contribution is 0.401. The molecule has 3 rings (SSSR count). The first-order valence-electron chi connectivity index (χ1n) is 5.64. The number of ether oxygens (including phenoxy) is 1. The number of H-pyrrole nitrogens is 1. The lowest BCUT2D eigenvalue weighted by Gasteiger charge is -2.04. The zero-order valence-electron chi connectivity index (χ0n) is 10.5. The minimum absolute atomic E-state index is 0.481. The summed E-state index contributed by atoms with van der Waals surface area (Å²) in [7, 11) is 3.51. The Balaban J connectivity index is 2.16. The molecule has 1 N–H and O–H groups in total. The average molecular weight is 276 g/mol. The fourth-order valence-corrected chi connectivity index (χ4v) is 2.19. The van der Waals surface area contributed by atoms with E-state index in [1.165, 1.54) is 6.33 Å². The van der Waals surface area contributed by atoms with Crippen LogP contribution in [0, 0.1) is 4.77 Å². The quantitative estimate of drug-likeness (QED) is 0.729. The van der Waals surface area contributed by atoms with Crippen molar-refractivity contribution in [1.82, 2.24) is 29.1 Å². The summed E-state index contributed by atoms with van der Waals surface area (Å²) in [6.07, 6.45) is 5.10. The fourth-order valence-electron chi connectivity index (χ4n) is 1.94. The Morgan fingerprint density at radius 1 is 1.37 bits per heavy atom. The highest BCUT2D eigenvalue weighted by molar-refractivity contribution is 7.71. The van der Waals surface area contributed by atoms with Crippen molar-refractivity contribution < 1.29 is 4.74 Å². The van der Waals surface area contributed by atoms with Gasteiger partial charge in [-0.1, -0.05) is 0 Å². The Kier molecular flexibility index (Phi) is 2.79. The van der Waals surface area contributed by atoms with E-state index in [-0.39, 0.29) is 0 Å². The first-order chi connectivity index (χ1) is 9.20. The largest absolute Gasteiger partial charge is 0.479 e. The molecule has 0 radical (unpaired) electrons. The number of aromatic amines is 1. The SMILES string of the molecule is COc1ncnc2c1[nH]c(=S)n2Cc1nccn1C. The van der Waals surface area contributed by atoms with E-state index in [9.17, 15) is 0 Å². The lowest BCUT2D eigenvalue weighted by Crippen LogP contribution is -2.06. The Hall–Kier alpha value is -2.22. The van der Waals surface area contributed by atoms with Crippen LogP contribution in [0.15, 0.2) is 18.7 Å². The van der Waals surface area contributed by atoms with Crippen LogP contribution in [-0.2, 0) is 13.6 Å². The van der Waals surface area contributed by atoms with Crippen molar-refractivity contribution in [2.45, 2.75) is 6.54 Å². The van der Waals surface area contributed by atoms with Gasteiger partial charge in [-0.15, -0.1) is 0 Å². The highest BCUT2D eigenvalue weighted by Crippen LogP contribution is 2.20. The number of aryl methyl sites for hydroxylation is 1. The summed E-state index contributed by atoms with van der Waals surface area (Å²) >= 11 is 5.32. The fraction of sp³-hybridized carbons (Fsp3) is 0.273. The summed E-state index contributed by atoms with van der Waals surface area (Å²) in [5.74, 6) is 1.38. The first kappa shape index (κ1) is 11.8. The molecule has 0 aliphatic carbocycles. The normalized spacial score (nSPS) is 11.1. The van der Waals surface area contributed by atoms with Gasteiger partial charge in [0, 0.05) is 19.4 Å². The molecular weight excluding hydrogens is 264 g/mol. The molecule has 3 heterocycles. The molecule has 0 unspecified atom stereocenters. The van der Waals surface area contributed by atoms with Crippen LogP contribution in [0.5, 0.6) is 5.88 Å². The van der Waals surface area contributed by atoms with Crippen molar-refractivity contribution in [2.24, 2.45) is 7.05 Å². The molecule has 0 aliphatic heterocycles. The number of hydrogen-bond donors (Lipinski definition) is 1. The van der Waals surface area contributed by atoms with E-state index >= 15 is 0 Å². The summed E-state index contributed by atoms with van der Waals surface area (Å²) in [6, 6.07) is 0. The highest BCUT2D eigenvalue weighted by atomic mass is 32.1. The Morgan fingerprint density at radius 3 is 2.89 bits per heavy atom. The predicted octanol–water partition coefficient (Wildman–Crippen LogP) is 1.28. The molecule has 0 aliphatic rings. The van der Waals surface area contributed by atoms with E-state index in [2.05, 4.69) is 19.9 Å². The Labute approximate surface area is 113 Å². The first-order valence-corrected chi connectivity index (χ1v) is 6.05. The average Bonchev–Trinajstić information content (AvgIpc) is 2.95. The molecule has 0 aromatic carbocycles. The van der Waals surface area contributed by atoms with E-state index < -0.39 is 0 Å². The van der Waals surface area contributed by atoms with Gasteiger partial charge in [0.15, 0.2) is 10.4 Å². The number of aromatic nitrogens is 6. The molecule has 3 aromatic rings. The third-order valence-corrected chi connectivity index (χ3v) is 3.26. The van der Waals surface area contributed by atoms with Gasteiger partial charge in [0.1, 0.15) is 17.7 Å². The summed E-state index contributed by atoms with van der Waals surface area (Å²) in [6.45, 7) is 0.544. The van der Waals surface area contributed by atoms with Crippen LogP contribution >= 0.6 is 12.2 Å². The number of hydrogen-bond acceptors (Lipinski definition) is 5. The number of nitrogens with one attached hydrogen (secondary N) is 1. The van der Waals surface area contributed by atoms with E-state index in [0.717, 1.165) is 5.82 Å². The predicted molar refractivity (Wildman–Crippen MR) is 71.6 cm³/mol. The van der Waals surface area contributed by atoms with Crippen molar-refractivity contribution in [1.29, 1.82) is 0 Å². The Bertz CT molecular complexity index is 786. The molecule has 0 bridgehead atoms. The van der Waals surface area contributed by atoms with Crippen molar-refractivity contribution in [3.05, 3.63) is 29.3 Å². The molecule has 0 fully saturated rings. The standard InChI is InChI=1S/C11H12N6OS/c1-16-4-3-12-7(16)5-17-9-8(15-11(17)19)10(18-2)14-6-13-9/h3-4,6H,5H2,1-2H3,(H,15,19).